The Bertz CT molecular complexity index is 798. The molecule has 2 aliphatic carbocycles. The number of carbonyl (C=O) groups excluding carboxylic acids is 4. The minimum atomic E-state index is -0.779. The van der Waals surface area contributed by atoms with Crippen molar-refractivity contribution in [1.82, 2.24) is 4.90 Å². The number of rotatable bonds is 5. The lowest BCUT2D eigenvalue weighted by molar-refractivity contribution is -0.154. The van der Waals surface area contributed by atoms with E-state index < -0.39 is 25.0 Å². The Labute approximate surface area is 161 Å². The second-order valence-corrected chi connectivity index (χ2v) is 7.74. The van der Waals surface area contributed by atoms with Crippen molar-refractivity contribution in [3.05, 3.63) is 29.3 Å². The Morgan fingerprint density at radius 2 is 1.74 bits per heavy atom. The molecule has 3 aliphatic rings. The molecule has 1 aromatic rings. The van der Waals surface area contributed by atoms with Crippen molar-refractivity contribution < 1.29 is 23.9 Å². The van der Waals surface area contributed by atoms with Gasteiger partial charge in [-0.2, -0.15) is 0 Å². The van der Waals surface area contributed by atoms with Crippen molar-refractivity contribution in [3.8, 4) is 0 Å². The number of hydrogen-bond acceptors (Lipinski definition) is 5. The number of benzene rings is 1. The SMILES string of the molecule is O=C(COC(=O)CN1C(=O)[C@@H]2[C@H]3CC[C@@H](C3)[C@H]2C1=O)Nc1ccccc1Cl. The van der Waals surface area contributed by atoms with Crippen LogP contribution in [-0.4, -0.2) is 41.7 Å². The van der Waals surface area contributed by atoms with Crippen LogP contribution in [0.15, 0.2) is 24.3 Å². The van der Waals surface area contributed by atoms with E-state index >= 15 is 0 Å². The van der Waals surface area contributed by atoms with Crippen molar-refractivity contribution in [1.29, 1.82) is 0 Å². The highest BCUT2D eigenvalue weighted by molar-refractivity contribution is 6.33. The summed E-state index contributed by atoms with van der Waals surface area (Å²) in [7, 11) is 0. The molecule has 4 atom stereocenters. The van der Waals surface area contributed by atoms with Gasteiger partial charge in [-0.05, 0) is 43.2 Å². The zero-order valence-electron chi connectivity index (χ0n) is 14.5. The predicted octanol–water partition coefficient (Wildman–Crippen LogP) is 1.85. The first-order chi connectivity index (χ1) is 13.0. The van der Waals surface area contributed by atoms with Gasteiger partial charge < -0.3 is 10.1 Å². The average Bonchev–Trinajstić information content (AvgIpc) is 3.32. The minimum Gasteiger partial charge on any atom is -0.454 e. The van der Waals surface area contributed by atoms with Crippen LogP contribution in [0.5, 0.6) is 0 Å². The van der Waals surface area contributed by atoms with E-state index in [1.165, 1.54) is 0 Å². The third kappa shape index (κ3) is 3.20. The van der Waals surface area contributed by atoms with Gasteiger partial charge in [0, 0.05) is 0 Å². The molecule has 3 amide bonds. The highest BCUT2D eigenvalue weighted by atomic mass is 35.5. The molecular formula is C19H19ClN2O5. The summed E-state index contributed by atoms with van der Waals surface area (Å²) < 4.78 is 4.93. The molecule has 1 N–H and O–H groups in total. The molecule has 0 aromatic heterocycles. The predicted molar refractivity (Wildman–Crippen MR) is 95.6 cm³/mol. The van der Waals surface area contributed by atoms with E-state index in [1.54, 1.807) is 24.3 Å². The maximum Gasteiger partial charge on any atom is 0.326 e. The summed E-state index contributed by atoms with van der Waals surface area (Å²) in [6.07, 6.45) is 2.89. The van der Waals surface area contributed by atoms with Gasteiger partial charge in [0.05, 0.1) is 22.5 Å². The summed E-state index contributed by atoms with van der Waals surface area (Å²) >= 11 is 5.95. The number of nitrogens with one attached hydrogen (secondary N) is 1. The van der Waals surface area contributed by atoms with Crippen molar-refractivity contribution in [3.63, 3.8) is 0 Å². The molecule has 2 saturated carbocycles. The number of halogens is 1. The van der Waals surface area contributed by atoms with Gasteiger partial charge in [0.15, 0.2) is 6.61 Å². The number of hydrogen-bond donors (Lipinski definition) is 1. The molecule has 7 nitrogen and oxygen atoms in total. The van der Waals surface area contributed by atoms with Gasteiger partial charge in [0.2, 0.25) is 11.8 Å². The number of nitrogens with zero attached hydrogens (tertiary/aromatic N) is 1. The molecule has 8 heteroatoms. The van der Waals surface area contributed by atoms with Crippen LogP contribution in [0.25, 0.3) is 0 Å². The van der Waals surface area contributed by atoms with Gasteiger partial charge in [-0.25, -0.2) is 0 Å². The first kappa shape index (κ1) is 18.0. The van der Waals surface area contributed by atoms with Crippen LogP contribution < -0.4 is 5.32 Å². The number of imide groups is 1. The van der Waals surface area contributed by atoms with Crippen LogP contribution in [0.3, 0.4) is 0 Å². The quantitative estimate of drug-likeness (QED) is 0.611. The van der Waals surface area contributed by atoms with Crippen molar-refractivity contribution in [2.24, 2.45) is 23.7 Å². The van der Waals surface area contributed by atoms with Gasteiger partial charge in [-0.3, -0.25) is 24.1 Å². The van der Waals surface area contributed by atoms with Gasteiger partial charge in [0.1, 0.15) is 6.54 Å². The fourth-order valence-corrected chi connectivity index (χ4v) is 4.88. The van der Waals surface area contributed by atoms with Crippen LogP contribution in [0.1, 0.15) is 19.3 Å². The Kier molecular flexibility index (Phi) is 4.63. The minimum absolute atomic E-state index is 0.263. The van der Waals surface area contributed by atoms with Gasteiger partial charge >= 0.3 is 5.97 Å². The van der Waals surface area contributed by atoms with E-state index in [2.05, 4.69) is 5.32 Å². The molecule has 0 spiro atoms. The second-order valence-electron chi connectivity index (χ2n) is 7.34. The lowest BCUT2D eigenvalue weighted by Crippen LogP contribution is -2.38. The van der Waals surface area contributed by atoms with Crippen molar-refractivity contribution in [2.75, 3.05) is 18.5 Å². The van der Waals surface area contributed by atoms with Gasteiger partial charge in [-0.1, -0.05) is 23.7 Å². The van der Waals surface area contributed by atoms with E-state index in [0.29, 0.717) is 10.7 Å². The van der Waals surface area contributed by atoms with Crippen LogP contribution in [0, 0.1) is 23.7 Å². The molecule has 142 valence electrons. The second kappa shape index (κ2) is 6.96. The van der Waals surface area contributed by atoms with E-state index in [1.807, 2.05) is 0 Å². The van der Waals surface area contributed by atoms with E-state index in [0.717, 1.165) is 24.2 Å². The largest absolute Gasteiger partial charge is 0.454 e. The van der Waals surface area contributed by atoms with Crippen molar-refractivity contribution in [2.45, 2.75) is 19.3 Å². The molecular weight excluding hydrogens is 372 g/mol. The lowest BCUT2D eigenvalue weighted by atomic mass is 9.81. The average molecular weight is 391 g/mol. The third-order valence-corrected chi connectivity index (χ3v) is 6.15. The fourth-order valence-electron chi connectivity index (χ4n) is 4.70. The number of fused-ring (bicyclic) bond motifs is 5. The number of likely N-dealkylation sites (tertiary alicyclic amines) is 1. The maximum absolute atomic E-state index is 12.5. The Morgan fingerprint density at radius 3 is 2.37 bits per heavy atom. The molecule has 1 aromatic carbocycles. The number of carbonyl (C=O) groups is 4. The molecule has 27 heavy (non-hydrogen) atoms. The molecule has 1 heterocycles. The Hall–Kier alpha value is -2.41. The van der Waals surface area contributed by atoms with E-state index in [-0.39, 0.29) is 35.5 Å². The summed E-state index contributed by atoms with van der Waals surface area (Å²) in [6.45, 7) is -0.956. The van der Waals surface area contributed by atoms with Gasteiger partial charge in [-0.15, -0.1) is 0 Å². The fraction of sp³-hybridized carbons (Fsp3) is 0.474. The Morgan fingerprint density at radius 1 is 1.11 bits per heavy atom. The first-order valence-corrected chi connectivity index (χ1v) is 9.38. The molecule has 1 aliphatic heterocycles. The zero-order chi connectivity index (χ0) is 19.1. The lowest BCUT2D eigenvalue weighted by Gasteiger charge is -2.19. The molecule has 0 radical (unpaired) electrons. The number of para-hydroxylation sites is 1. The van der Waals surface area contributed by atoms with Crippen LogP contribution in [-0.2, 0) is 23.9 Å². The molecule has 3 fully saturated rings. The molecule has 0 unspecified atom stereocenters. The monoisotopic (exact) mass is 390 g/mol. The van der Waals surface area contributed by atoms with E-state index in [4.69, 9.17) is 16.3 Å². The van der Waals surface area contributed by atoms with E-state index in [9.17, 15) is 19.2 Å². The number of ether oxygens (including phenoxy) is 1. The Balaban J connectivity index is 1.30. The molecule has 2 bridgehead atoms. The van der Waals surface area contributed by atoms with Crippen LogP contribution in [0.2, 0.25) is 5.02 Å². The number of esters is 1. The van der Waals surface area contributed by atoms with Crippen LogP contribution >= 0.6 is 11.6 Å². The number of anilines is 1. The first-order valence-electron chi connectivity index (χ1n) is 9.01. The summed E-state index contributed by atoms with van der Waals surface area (Å²) in [6, 6.07) is 6.68. The molecule has 1 saturated heterocycles. The topological polar surface area (TPSA) is 92.8 Å². The highest BCUT2D eigenvalue weighted by Gasteiger charge is 2.61. The molecule has 4 rings (SSSR count). The summed E-state index contributed by atoms with van der Waals surface area (Å²) in [5, 5.41) is 2.90. The van der Waals surface area contributed by atoms with Crippen molar-refractivity contribution >= 4 is 41.0 Å². The standard InChI is InChI=1S/C19H19ClN2O5/c20-12-3-1-2-4-13(12)21-14(23)9-27-15(24)8-22-18(25)16-10-5-6-11(7-10)17(16)19(22)26/h1-4,10-11,16-17H,5-9H2,(H,21,23)/t10-,11-,16+,17+/m0/s1. The van der Waals surface area contributed by atoms with Crippen LogP contribution in [0.4, 0.5) is 5.69 Å². The summed E-state index contributed by atoms with van der Waals surface area (Å²) in [5.74, 6) is -1.88. The zero-order valence-corrected chi connectivity index (χ0v) is 15.3. The normalized spacial score (nSPS) is 28.4. The summed E-state index contributed by atoms with van der Waals surface area (Å²) in [5.41, 5.74) is 0.411. The smallest absolute Gasteiger partial charge is 0.326 e. The highest BCUT2D eigenvalue weighted by Crippen LogP contribution is 2.56. The third-order valence-electron chi connectivity index (χ3n) is 5.82. The van der Waals surface area contributed by atoms with Gasteiger partial charge in [0.25, 0.3) is 5.91 Å². The summed E-state index contributed by atoms with van der Waals surface area (Å²) in [4.78, 5) is 50.0. The number of amides is 3. The maximum atomic E-state index is 12.5.